The monoisotopic (exact) mass is 279 g/mol. The summed E-state index contributed by atoms with van der Waals surface area (Å²) in [5.41, 5.74) is 2.55. The third kappa shape index (κ3) is 4.32. The van der Waals surface area contributed by atoms with Gasteiger partial charge in [0.1, 0.15) is 5.76 Å². The van der Waals surface area contributed by atoms with E-state index in [1.54, 1.807) is 0 Å². The van der Waals surface area contributed by atoms with E-state index >= 15 is 0 Å². The Morgan fingerprint density at radius 1 is 1.25 bits per heavy atom. The minimum Gasteiger partial charge on any atom is -0.361 e. The zero-order valence-electron chi connectivity index (χ0n) is 13.6. The number of rotatable bonds is 4. The molecule has 2 heterocycles. The Hall–Kier alpha value is -0.870. The number of piperidine rings is 1. The molecule has 20 heavy (non-hydrogen) atoms. The van der Waals surface area contributed by atoms with Crippen LogP contribution < -0.4 is 5.32 Å². The van der Waals surface area contributed by atoms with E-state index in [4.69, 9.17) is 4.52 Å². The van der Waals surface area contributed by atoms with Crippen LogP contribution in [0.25, 0.3) is 0 Å². The van der Waals surface area contributed by atoms with Crippen molar-refractivity contribution in [1.29, 1.82) is 0 Å². The van der Waals surface area contributed by atoms with Crippen molar-refractivity contribution in [3.63, 3.8) is 0 Å². The van der Waals surface area contributed by atoms with Gasteiger partial charge in [-0.1, -0.05) is 5.16 Å². The number of likely N-dealkylation sites (tertiary alicyclic amines) is 1. The summed E-state index contributed by atoms with van der Waals surface area (Å²) >= 11 is 0. The van der Waals surface area contributed by atoms with Gasteiger partial charge in [0.2, 0.25) is 0 Å². The molecule has 1 aliphatic rings. The molecule has 4 nitrogen and oxygen atoms in total. The van der Waals surface area contributed by atoms with Crippen LogP contribution in [0, 0.1) is 19.8 Å². The lowest BCUT2D eigenvalue weighted by atomic mass is 9.95. The summed E-state index contributed by atoms with van der Waals surface area (Å²) in [6.45, 7) is 15.2. The van der Waals surface area contributed by atoms with Crippen molar-refractivity contribution < 1.29 is 4.52 Å². The topological polar surface area (TPSA) is 41.3 Å². The average molecular weight is 279 g/mol. The standard InChI is InChI=1S/C16H29N3O/c1-12-15(13(2)20-18-12)11-19-8-6-14(7-9-19)10-17-16(3,4)5/h14,17H,6-11H2,1-5H3. The molecule has 0 atom stereocenters. The molecule has 1 saturated heterocycles. The van der Waals surface area contributed by atoms with Crippen molar-refractivity contribution in [1.82, 2.24) is 15.4 Å². The smallest absolute Gasteiger partial charge is 0.138 e. The van der Waals surface area contributed by atoms with Crippen LogP contribution in [0.4, 0.5) is 0 Å². The highest BCUT2D eigenvalue weighted by Crippen LogP contribution is 2.21. The predicted molar refractivity (Wildman–Crippen MR) is 81.7 cm³/mol. The number of aromatic nitrogens is 1. The minimum absolute atomic E-state index is 0.230. The highest BCUT2D eigenvalue weighted by atomic mass is 16.5. The molecule has 1 N–H and O–H groups in total. The third-order valence-corrected chi connectivity index (χ3v) is 4.19. The van der Waals surface area contributed by atoms with Crippen molar-refractivity contribution in [2.45, 2.75) is 59.5 Å². The summed E-state index contributed by atoms with van der Waals surface area (Å²) < 4.78 is 5.25. The maximum atomic E-state index is 5.25. The number of hydrogen-bond acceptors (Lipinski definition) is 4. The van der Waals surface area contributed by atoms with E-state index < -0.39 is 0 Å². The molecule has 0 unspecified atom stereocenters. The summed E-state index contributed by atoms with van der Waals surface area (Å²) in [5, 5.41) is 7.67. The van der Waals surface area contributed by atoms with Crippen molar-refractivity contribution in [3.05, 3.63) is 17.0 Å². The lowest BCUT2D eigenvalue weighted by Crippen LogP contribution is -2.42. The molecular formula is C16H29N3O. The Bertz CT molecular complexity index is 406. The second-order valence-electron chi connectivity index (χ2n) is 7.15. The predicted octanol–water partition coefficient (Wildman–Crippen LogP) is 2.89. The van der Waals surface area contributed by atoms with Crippen molar-refractivity contribution in [3.8, 4) is 0 Å². The molecule has 1 aromatic heterocycles. The Labute approximate surface area is 122 Å². The maximum Gasteiger partial charge on any atom is 0.138 e. The van der Waals surface area contributed by atoms with E-state index in [0.29, 0.717) is 0 Å². The molecule has 0 saturated carbocycles. The first kappa shape index (κ1) is 15.5. The lowest BCUT2D eigenvalue weighted by Gasteiger charge is -2.33. The Morgan fingerprint density at radius 2 is 1.90 bits per heavy atom. The molecule has 2 rings (SSSR count). The minimum atomic E-state index is 0.230. The van der Waals surface area contributed by atoms with Crippen LogP contribution in [0.5, 0.6) is 0 Å². The number of nitrogens with zero attached hydrogens (tertiary/aromatic N) is 2. The number of nitrogens with one attached hydrogen (secondary N) is 1. The maximum absolute atomic E-state index is 5.25. The molecule has 0 spiro atoms. The fraction of sp³-hybridized carbons (Fsp3) is 0.812. The van der Waals surface area contributed by atoms with Gasteiger partial charge in [0.05, 0.1) is 5.69 Å². The SMILES string of the molecule is Cc1noc(C)c1CN1CCC(CNC(C)(C)C)CC1. The second-order valence-corrected chi connectivity index (χ2v) is 7.15. The second kappa shape index (κ2) is 6.27. The molecule has 114 valence electrons. The largest absolute Gasteiger partial charge is 0.361 e. The molecule has 0 aromatic carbocycles. The number of aryl methyl sites for hydroxylation is 2. The fourth-order valence-electron chi connectivity index (χ4n) is 2.75. The number of hydrogen-bond donors (Lipinski definition) is 1. The Balaban J connectivity index is 1.77. The Morgan fingerprint density at radius 3 is 2.40 bits per heavy atom. The summed E-state index contributed by atoms with van der Waals surface area (Å²) in [7, 11) is 0. The van der Waals surface area contributed by atoms with Crippen LogP contribution in [0.15, 0.2) is 4.52 Å². The van der Waals surface area contributed by atoms with Crippen LogP contribution in [0.1, 0.15) is 50.6 Å². The molecule has 0 aliphatic carbocycles. The van der Waals surface area contributed by atoms with Crippen molar-refractivity contribution in [2.24, 2.45) is 5.92 Å². The zero-order chi connectivity index (χ0) is 14.8. The highest BCUT2D eigenvalue weighted by Gasteiger charge is 2.22. The van der Waals surface area contributed by atoms with E-state index in [2.05, 4.69) is 36.1 Å². The van der Waals surface area contributed by atoms with Gasteiger partial charge in [-0.2, -0.15) is 0 Å². The fourth-order valence-corrected chi connectivity index (χ4v) is 2.75. The molecular weight excluding hydrogens is 250 g/mol. The van der Waals surface area contributed by atoms with Crippen LogP contribution in [-0.4, -0.2) is 35.2 Å². The summed E-state index contributed by atoms with van der Waals surface area (Å²) in [6, 6.07) is 0. The van der Waals surface area contributed by atoms with Gasteiger partial charge < -0.3 is 9.84 Å². The van der Waals surface area contributed by atoms with Gasteiger partial charge in [0.25, 0.3) is 0 Å². The molecule has 1 aromatic rings. The van der Waals surface area contributed by atoms with E-state index in [-0.39, 0.29) is 5.54 Å². The first-order valence-corrected chi connectivity index (χ1v) is 7.74. The molecule has 0 amide bonds. The Kier molecular flexibility index (Phi) is 4.86. The van der Waals surface area contributed by atoms with Gasteiger partial charge in [-0.25, -0.2) is 0 Å². The van der Waals surface area contributed by atoms with Crippen LogP contribution >= 0.6 is 0 Å². The van der Waals surface area contributed by atoms with Crippen LogP contribution in [0.2, 0.25) is 0 Å². The third-order valence-electron chi connectivity index (χ3n) is 4.19. The molecule has 4 heteroatoms. The van der Waals surface area contributed by atoms with Gasteiger partial charge in [-0.05, 0) is 73.0 Å². The van der Waals surface area contributed by atoms with Crippen molar-refractivity contribution in [2.75, 3.05) is 19.6 Å². The lowest BCUT2D eigenvalue weighted by molar-refractivity contribution is 0.169. The first-order valence-electron chi connectivity index (χ1n) is 7.74. The van der Waals surface area contributed by atoms with Gasteiger partial charge in [-0.3, -0.25) is 4.90 Å². The van der Waals surface area contributed by atoms with Crippen molar-refractivity contribution >= 4 is 0 Å². The molecule has 1 aliphatic heterocycles. The van der Waals surface area contributed by atoms with E-state index in [1.807, 2.05) is 13.8 Å². The van der Waals surface area contributed by atoms with Crippen LogP contribution in [-0.2, 0) is 6.54 Å². The quantitative estimate of drug-likeness (QED) is 0.920. The van der Waals surface area contributed by atoms with E-state index in [9.17, 15) is 0 Å². The average Bonchev–Trinajstić information content (AvgIpc) is 2.69. The summed E-state index contributed by atoms with van der Waals surface area (Å²) in [4.78, 5) is 2.53. The normalized spacial score (nSPS) is 18.6. The van der Waals surface area contributed by atoms with Crippen LogP contribution in [0.3, 0.4) is 0 Å². The van der Waals surface area contributed by atoms with E-state index in [1.165, 1.54) is 31.5 Å². The van der Waals surface area contributed by atoms with Gasteiger partial charge >= 0.3 is 0 Å². The molecule has 1 fully saturated rings. The summed E-state index contributed by atoms with van der Waals surface area (Å²) in [5.74, 6) is 1.79. The first-order chi connectivity index (χ1) is 9.35. The molecule has 0 bridgehead atoms. The van der Waals surface area contributed by atoms with Gasteiger partial charge in [0, 0.05) is 17.6 Å². The summed E-state index contributed by atoms with van der Waals surface area (Å²) in [6.07, 6.45) is 2.57. The van der Waals surface area contributed by atoms with Gasteiger partial charge in [-0.15, -0.1) is 0 Å². The zero-order valence-corrected chi connectivity index (χ0v) is 13.6. The van der Waals surface area contributed by atoms with E-state index in [0.717, 1.165) is 30.5 Å². The van der Waals surface area contributed by atoms with Gasteiger partial charge in [0.15, 0.2) is 0 Å². The highest BCUT2D eigenvalue weighted by molar-refractivity contribution is 5.20. The molecule has 0 radical (unpaired) electrons.